The molecule has 1 aromatic heterocycles. The van der Waals surface area contributed by atoms with Crippen molar-refractivity contribution in [3.63, 3.8) is 0 Å². The molecule has 33 heavy (non-hydrogen) atoms. The van der Waals surface area contributed by atoms with Gasteiger partial charge in [-0.2, -0.15) is 0 Å². The van der Waals surface area contributed by atoms with Crippen LogP contribution in [-0.4, -0.2) is 50.9 Å². The van der Waals surface area contributed by atoms with Gasteiger partial charge in [0.1, 0.15) is 11.6 Å². The zero-order valence-corrected chi connectivity index (χ0v) is 21.0. The molecular weight excluding hydrogens is 420 g/mol. The Kier molecular flexibility index (Phi) is 10.7. The van der Waals surface area contributed by atoms with E-state index < -0.39 is 23.8 Å². The number of rotatable bonds is 11. The van der Waals surface area contributed by atoms with Gasteiger partial charge in [0.05, 0.1) is 18.5 Å². The van der Waals surface area contributed by atoms with E-state index in [-0.39, 0.29) is 18.4 Å². The first-order valence-corrected chi connectivity index (χ1v) is 12.5. The molecule has 0 radical (unpaired) electrons. The maximum atomic E-state index is 13.3. The number of imidazole rings is 1. The number of ether oxygens (including phenoxy) is 1. The molecule has 0 aromatic carbocycles. The highest BCUT2D eigenvalue weighted by molar-refractivity contribution is 5.86. The Morgan fingerprint density at radius 3 is 2.45 bits per heavy atom. The van der Waals surface area contributed by atoms with Crippen LogP contribution in [0.4, 0.5) is 4.79 Å². The zero-order chi connectivity index (χ0) is 24.4. The molecule has 2 amide bonds. The SMILES string of the molecule is CC(C)CCC(O)C(CC1CCCCC1)NC(=O)[C@H](Cc1cnc[nH]1)NC(=O)OC(C)(C)C. The molecule has 2 unspecified atom stereocenters. The first kappa shape index (κ1) is 27.2. The molecule has 1 aliphatic rings. The number of nitrogens with zero attached hydrogens (tertiary/aromatic N) is 1. The lowest BCUT2D eigenvalue weighted by Crippen LogP contribution is -2.54. The van der Waals surface area contributed by atoms with Crippen molar-refractivity contribution in [2.45, 2.75) is 116 Å². The highest BCUT2D eigenvalue weighted by atomic mass is 16.6. The third kappa shape index (κ3) is 10.6. The Morgan fingerprint density at radius 1 is 1.18 bits per heavy atom. The van der Waals surface area contributed by atoms with Gasteiger partial charge >= 0.3 is 6.09 Å². The monoisotopic (exact) mass is 464 g/mol. The van der Waals surface area contributed by atoms with Crippen LogP contribution in [0.25, 0.3) is 0 Å². The Balaban J connectivity index is 2.11. The van der Waals surface area contributed by atoms with Gasteiger partial charge in [-0.3, -0.25) is 4.79 Å². The number of aromatic nitrogens is 2. The summed E-state index contributed by atoms with van der Waals surface area (Å²) in [6.45, 7) is 9.60. The summed E-state index contributed by atoms with van der Waals surface area (Å²) >= 11 is 0. The second-order valence-corrected chi connectivity index (χ2v) is 10.9. The van der Waals surface area contributed by atoms with Crippen molar-refractivity contribution in [2.75, 3.05) is 0 Å². The summed E-state index contributed by atoms with van der Waals surface area (Å²) in [6.07, 6.45) is 10.4. The van der Waals surface area contributed by atoms with E-state index >= 15 is 0 Å². The fraction of sp³-hybridized carbons (Fsp3) is 0.800. The van der Waals surface area contributed by atoms with Gasteiger partial charge in [0.2, 0.25) is 5.91 Å². The second-order valence-electron chi connectivity index (χ2n) is 10.9. The summed E-state index contributed by atoms with van der Waals surface area (Å²) in [5.74, 6) is 0.662. The molecule has 8 nitrogen and oxygen atoms in total. The van der Waals surface area contributed by atoms with Gasteiger partial charge in [0, 0.05) is 18.3 Å². The molecule has 0 bridgehead atoms. The summed E-state index contributed by atoms with van der Waals surface area (Å²) in [4.78, 5) is 32.8. The van der Waals surface area contributed by atoms with Crippen molar-refractivity contribution < 1.29 is 19.4 Å². The Morgan fingerprint density at radius 2 is 1.88 bits per heavy atom. The van der Waals surface area contributed by atoms with E-state index in [0.717, 1.165) is 31.4 Å². The number of alkyl carbamates (subject to hydrolysis) is 1. The second kappa shape index (κ2) is 13.0. The molecule has 2 rings (SSSR count). The highest BCUT2D eigenvalue weighted by Gasteiger charge is 2.31. The van der Waals surface area contributed by atoms with Crippen molar-refractivity contribution in [3.05, 3.63) is 18.2 Å². The van der Waals surface area contributed by atoms with E-state index in [1.54, 1.807) is 33.3 Å². The predicted octanol–water partition coefficient (Wildman–Crippen LogP) is 4.10. The number of H-pyrrole nitrogens is 1. The van der Waals surface area contributed by atoms with Gasteiger partial charge < -0.3 is 25.5 Å². The van der Waals surface area contributed by atoms with Crippen LogP contribution in [0.5, 0.6) is 0 Å². The molecule has 1 aromatic rings. The molecule has 3 atom stereocenters. The van der Waals surface area contributed by atoms with Gasteiger partial charge in [-0.25, -0.2) is 9.78 Å². The van der Waals surface area contributed by atoms with E-state index in [1.807, 2.05) is 0 Å². The molecule has 1 heterocycles. The normalized spacial score (nSPS) is 17.9. The largest absolute Gasteiger partial charge is 0.444 e. The van der Waals surface area contributed by atoms with E-state index in [2.05, 4.69) is 34.4 Å². The van der Waals surface area contributed by atoms with Gasteiger partial charge in [0.25, 0.3) is 0 Å². The minimum Gasteiger partial charge on any atom is -0.444 e. The number of carbonyl (C=O) groups is 2. The molecular formula is C25H44N4O4. The molecule has 188 valence electrons. The molecule has 1 fully saturated rings. The maximum Gasteiger partial charge on any atom is 0.408 e. The molecule has 1 saturated carbocycles. The zero-order valence-electron chi connectivity index (χ0n) is 21.0. The van der Waals surface area contributed by atoms with Crippen molar-refractivity contribution in [3.8, 4) is 0 Å². The first-order valence-electron chi connectivity index (χ1n) is 12.5. The van der Waals surface area contributed by atoms with Crippen molar-refractivity contribution in [2.24, 2.45) is 11.8 Å². The Labute approximate surface area is 198 Å². The Bertz CT molecular complexity index is 708. The lowest BCUT2D eigenvalue weighted by atomic mass is 9.83. The van der Waals surface area contributed by atoms with Crippen LogP contribution in [0.2, 0.25) is 0 Å². The van der Waals surface area contributed by atoms with Gasteiger partial charge in [0.15, 0.2) is 0 Å². The summed E-state index contributed by atoms with van der Waals surface area (Å²) in [5, 5.41) is 16.7. The number of aliphatic hydroxyl groups is 1. The van der Waals surface area contributed by atoms with Crippen molar-refractivity contribution in [1.29, 1.82) is 0 Å². The number of hydrogen-bond donors (Lipinski definition) is 4. The lowest BCUT2D eigenvalue weighted by Gasteiger charge is -2.32. The van der Waals surface area contributed by atoms with Gasteiger partial charge in [-0.15, -0.1) is 0 Å². The quantitative estimate of drug-likeness (QED) is 0.393. The average Bonchev–Trinajstić information content (AvgIpc) is 3.23. The number of amides is 2. The van der Waals surface area contributed by atoms with E-state index in [0.29, 0.717) is 18.3 Å². The summed E-state index contributed by atoms with van der Waals surface area (Å²) in [6, 6.07) is -1.18. The van der Waals surface area contributed by atoms with E-state index in [1.165, 1.54) is 19.3 Å². The van der Waals surface area contributed by atoms with Crippen LogP contribution in [0.1, 0.15) is 91.7 Å². The minimum absolute atomic E-state index is 0.253. The molecule has 0 aliphatic heterocycles. The standard InChI is InChI=1S/C25H44N4O4/c1-17(2)11-12-22(30)20(13-18-9-7-6-8-10-18)28-23(31)21(14-19-15-26-16-27-19)29-24(32)33-25(3,4)5/h15-18,20-22,30H,6-14H2,1-5H3,(H,26,27)(H,28,31)(H,29,32)/t20?,21-,22?/m0/s1. The first-order chi connectivity index (χ1) is 15.5. The van der Waals surface area contributed by atoms with Crippen LogP contribution < -0.4 is 10.6 Å². The fourth-order valence-electron chi connectivity index (χ4n) is 4.36. The third-order valence-electron chi connectivity index (χ3n) is 6.13. The molecule has 4 N–H and O–H groups in total. The van der Waals surface area contributed by atoms with Gasteiger partial charge in [-0.1, -0.05) is 46.0 Å². The molecule has 1 aliphatic carbocycles. The maximum absolute atomic E-state index is 13.3. The molecule has 8 heteroatoms. The van der Waals surface area contributed by atoms with E-state index in [4.69, 9.17) is 4.74 Å². The van der Waals surface area contributed by atoms with Crippen molar-refractivity contribution in [1.82, 2.24) is 20.6 Å². The van der Waals surface area contributed by atoms with Crippen LogP contribution in [0.15, 0.2) is 12.5 Å². The molecule has 0 saturated heterocycles. The summed E-state index contributed by atoms with van der Waals surface area (Å²) < 4.78 is 5.37. The fourth-order valence-corrected chi connectivity index (χ4v) is 4.36. The average molecular weight is 465 g/mol. The summed E-state index contributed by atoms with van der Waals surface area (Å²) in [5.41, 5.74) is 0.0609. The Hall–Kier alpha value is -2.09. The lowest BCUT2D eigenvalue weighted by molar-refractivity contribution is -0.125. The molecule has 0 spiro atoms. The number of hydrogen-bond acceptors (Lipinski definition) is 5. The summed E-state index contributed by atoms with van der Waals surface area (Å²) in [7, 11) is 0. The minimum atomic E-state index is -0.841. The van der Waals surface area contributed by atoms with Gasteiger partial charge in [-0.05, 0) is 51.9 Å². The van der Waals surface area contributed by atoms with Crippen LogP contribution in [0, 0.1) is 11.8 Å². The number of nitrogens with one attached hydrogen (secondary N) is 3. The van der Waals surface area contributed by atoms with Crippen LogP contribution >= 0.6 is 0 Å². The topological polar surface area (TPSA) is 116 Å². The van der Waals surface area contributed by atoms with Crippen molar-refractivity contribution >= 4 is 12.0 Å². The number of aromatic amines is 1. The van der Waals surface area contributed by atoms with Crippen LogP contribution in [-0.2, 0) is 16.0 Å². The smallest absolute Gasteiger partial charge is 0.408 e. The van der Waals surface area contributed by atoms with Crippen LogP contribution in [0.3, 0.4) is 0 Å². The van der Waals surface area contributed by atoms with E-state index in [9.17, 15) is 14.7 Å². The number of carbonyl (C=O) groups excluding carboxylic acids is 2. The predicted molar refractivity (Wildman–Crippen MR) is 129 cm³/mol. The highest BCUT2D eigenvalue weighted by Crippen LogP contribution is 2.29. The third-order valence-corrected chi connectivity index (χ3v) is 6.13. The number of aliphatic hydroxyl groups excluding tert-OH is 1.